The van der Waals surface area contributed by atoms with Crippen molar-refractivity contribution >= 4 is 40.7 Å². The molecule has 1 N–H and O–H groups in total. The molecule has 0 bridgehead atoms. The van der Waals surface area contributed by atoms with E-state index >= 15 is 0 Å². The van der Waals surface area contributed by atoms with E-state index in [1.165, 1.54) is 17.0 Å². The zero-order valence-electron chi connectivity index (χ0n) is 17.6. The molecule has 0 aliphatic rings. The topological polar surface area (TPSA) is 92.6 Å². The molecule has 0 radical (unpaired) electrons. The number of nitrogens with zero attached hydrogens (tertiary/aromatic N) is 2. The molecular formula is C22H25Cl2N3O4. The number of hydrogen-bond donors (Lipinski definition) is 1. The molecule has 0 fully saturated rings. The minimum Gasteiger partial charge on any atom is -0.352 e. The number of carbonyl (C=O) groups is 2. The van der Waals surface area contributed by atoms with Gasteiger partial charge in [-0.2, -0.15) is 0 Å². The minimum absolute atomic E-state index is 0.0490. The largest absolute Gasteiger partial charge is 0.352 e. The maximum atomic E-state index is 13.2. The van der Waals surface area contributed by atoms with Crippen LogP contribution in [-0.4, -0.2) is 33.7 Å². The van der Waals surface area contributed by atoms with Crippen molar-refractivity contribution in [2.45, 2.75) is 52.2 Å². The van der Waals surface area contributed by atoms with Crippen LogP contribution in [0.3, 0.4) is 0 Å². The molecule has 2 rings (SSSR count). The molecule has 7 nitrogen and oxygen atoms in total. The first-order valence-electron chi connectivity index (χ1n) is 9.90. The highest BCUT2D eigenvalue weighted by molar-refractivity contribution is 6.42. The molecule has 166 valence electrons. The number of hydrogen-bond acceptors (Lipinski definition) is 4. The van der Waals surface area contributed by atoms with Gasteiger partial charge in [0.2, 0.25) is 11.8 Å². The average Bonchev–Trinajstić information content (AvgIpc) is 2.73. The molecule has 0 aliphatic carbocycles. The van der Waals surface area contributed by atoms with Crippen LogP contribution in [0.5, 0.6) is 0 Å². The van der Waals surface area contributed by atoms with E-state index in [1.54, 1.807) is 37.3 Å². The van der Waals surface area contributed by atoms with Gasteiger partial charge in [0.25, 0.3) is 5.69 Å². The van der Waals surface area contributed by atoms with E-state index in [2.05, 4.69) is 5.32 Å². The van der Waals surface area contributed by atoms with Crippen molar-refractivity contribution in [1.82, 2.24) is 10.2 Å². The molecule has 0 saturated carbocycles. The van der Waals surface area contributed by atoms with Crippen LogP contribution >= 0.6 is 23.2 Å². The fraction of sp³-hybridized carbons (Fsp3) is 0.364. The van der Waals surface area contributed by atoms with E-state index in [4.69, 9.17) is 23.2 Å². The molecule has 0 aromatic heterocycles. The Morgan fingerprint density at radius 2 is 1.81 bits per heavy atom. The van der Waals surface area contributed by atoms with Gasteiger partial charge in [0, 0.05) is 24.2 Å². The van der Waals surface area contributed by atoms with Crippen molar-refractivity contribution < 1.29 is 14.5 Å². The van der Waals surface area contributed by atoms with E-state index in [0.717, 1.165) is 6.42 Å². The van der Waals surface area contributed by atoms with Gasteiger partial charge >= 0.3 is 0 Å². The highest BCUT2D eigenvalue weighted by atomic mass is 35.5. The summed E-state index contributed by atoms with van der Waals surface area (Å²) >= 11 is 12.1. The number of halogens is 2. The van der Waals surface area contributed by atoms with Crippen LogP contribution in [0.4, 0.5) is 5.69 Å². The van der Waals surface area contributed by atoms with Crippen LogP contribution < -0.4 is 5.32 Å². The van der Waals surface area contributed by atoms with Gasteiger partial charge in [0.1, 0.15) is 6.04 Å². The second kappa shape index (κ2) is 11.1. The summed E-state index contributed by atoms with van der Waals surface area (Å²) in [5.41, 5.74) is 0.835. The number of nitro benzene ring substituents is 1. The Labute approximate surface area is 191 Å². The molecule has 0 spiro atoms. The van der Waals surface area contributed by atoms with Crippen molar-refractivity contribution in [3.05, 3.63) is 73.8 Å². The first-order valence-corrected chi connectivity index (χ1v) is 10.7. The zero-order valence-corrected chi connectivity index (χ0v) is 19.1. The zero-order chi connectivity index (χ0) is 23.1. The summed E-state index contributed by atoms with van der Waals surface area (Å²) in [6.07, 6.45) is 0.537. The Hall–Kier alpha value is -2.64. The Bertz CT molecular complexity index is 968. The number of para-hydroxylation sites is 1. The fourth-order valence-corrected chi connectivity index (χ4v) is 3.31. The van der Waals surface area contributed by atoms with E-state index < -0.39 is 16.9 Å². The molecular weight excluding hydrogens is 441 g/mol. The van der Waals surface area contributed by atoms with Crippen LogP contribution in [0.15, 0.2) is 42.5 Å². The third-order valence-corrected chi connectivity index (χ3v) is 5.77. The first-order chi connectivity index (χ1) is 14.6. The van der Waals surface area contributed by atoms with E-state index in [0.29, 0.717) is 15.6 Å². The van der Waals surface area contributed by atoms with Crippen LogP contribution in [0.25, 0.3) is 0 Å². The van der Waals surface area contributed by atoms with Gasteiger partial charge in [0.05, 0.1) is 21.4 Å². The van der Waals surface area contributed by atoms with E-state index in [-0.39, 0.29) is 36.2 Å². The van der Waals surface area contributed by atoms with Crippen molar-refractivity contribution in [2.75, 3.05) is 0 Å². The minimum atomic E-state index is -0.793. The van der Waals surface area contributed by atoms with Crippen LogP contribution in [0, 0.1) is 10.1 Å². The normalized spacial score (nSPS) is 12.7. The fourth-order valence-electron chi connectivity index (χ4n) is 2.99. The predicted octanol–water partition coefficient (Wildman–Crippen LogP) is 4.78. The number of nitrogens with one attached hydrogen (secondary N) is 1. The van der Waals surface area contributed by atoms with Crippen molar-refractivity contribution in [3.8, 4) is 0 Å². The van der Waals surface area contributed by atoms with Crippen LogP contribution in [-0.2, 0) is 22.6 Å². The number of carbonyl (C=O) groups excluding carboxylic acids is 2. The second-order valence-electron chi connectivity index (χ2n) is 7.33. The van der Waals surface area contributed by atoms with E-state index in [9.17, 15) is 19.7 Å². The Morgan fingerprint density at radius 1 is 1.13 bits per heavy atom. The molecule has 0 heterocycles. The summed E-state index contributed by atoms with van der Waals surface area (Å²) in [4.78, 5) is 38.1. The average molecular weight is 466 g/mol. The quantitative estimate of drug-likeness (QED) is 0.426. The van der Waals surface area contributed by atoms with Crippen molar-refractivity contribution in [3.63, 3.8) is 0 Å². The van der Waals surface area contributed by atoms with Gasteiger partial charge < -0.3 is 10.2 Å². The van der Waals surface area contributed by atoms with Crippen LogP contribution in [0.1, 0.15) is 38.3 Å². The third kappa shape index (κ3) is 6.67. The van der Waals surface area contributed by atoms with Gasteiger partial charge in [-0.25, -0.2) is 0 Å². The summed E-state index contributed by atoms with van der Waals surface area (Å²) in [7, 11) is 0. The Morgan fingerprint density at radius 3 is 2.42 bits per heavy atom. The maximum Gasteiger partial charge on any atom is 0.273 e. The highest BCUT2D eigenvalue weighted by Crippen LogP contribution is 2.25. The lowest BCUT2D eigenvalue weighted by Gasteiger charge is -2.30. The molecule has 2 aromatic carbocycles. The molecule has 0 saturated heterocycles. The second-order valence-corrected chi connectivity index (χ2v) is 8.14. The number of rotatable bonds is 9. The monoisotopic (exact) mass is 465 g/mol. The molecule has 31 heavy (non-hydrogen) atoms. The lowest BCUT2D eigenvalue weighted by atomic mass is 10.1. The lowest BCUT2D eigenvalue weighted by Crippen LogP contribution is -2.49. The van der Waals surface area contributed by atoms with Gasteiger partial charge in [-0.1, -0.05) is 54.4 Å². The number of nitro groups is 1. The highest BCUT2D eigenvalue weighted by Gasteiger charge is 2.28. The SMILES string of the molecule is CC[C@@H](C)NC(=O)[C@H](C)N(Cc1ccc(Cl)c(Cl)c1)C(=O)Cc1ccccc1[N+](=O)[O-]. The third-order valence-electron chi connectivity index (χ3n) is 5.04. The molecule has 0 unspecified atom stereocenters. The van der Waals surface area contributed by atoms with E-state index in [1.807, 2.05) is 13.8 Å². The van der Waals surface area contributed by atoms with Gasteiger partial charge in [-0.3, -0.25) is 19.7 Å². The van der Waals surface area contributed by atoms with Gasteiger partial charge in [0.15, 0.2) is 0 Å². The summed E-state index contributed by atoms with van der Waals surface area (Å²) in [5.74, 6) is -0.711. The van der Waals surface area contributed by atoms with Crippen molar-refractivity contribution in [2.24, 2.45) is 0 Å². The smallest absolute Gasteiger partial charge is 0.273 e. The Balaban J connectivity index is 2.33. The summed E-state index contributed by atoms with van der Waals surface area (Å²) in [6.45, 7) is 5.56. The first kappa shape index (κ1) is 24.6. The summed E-state index contributed by atoms with van der Waals surface area (Å²) in [6, 6.07) is 10.2. The van der Waals surface area contributed by atoms with Gasteiger partial charge in [-0.05, 0) is 38.0 Å². The molecule has 0 aliphatic heterocycles. The van der Waals surface area contributed by atoms with Crippen molar-refractivity contribution in [1.29, 1.82) is 0 Å². The number of amides is 2. The van der Waals surface area contributed by atoms with Gasteiger partial charge in [-0.15, -0.1) is 0 Å². The Kier molecular flexibility index (Phi) is 8.83. The summed E-state index contributed by atoms with van der Waals surface area (Å²) < 4.78 is 0. The standard InChI is InChI=1S/C22H25Cl2N3O4/c1-4-14(2)25-22(29)15(3)26(13-16-9-10-18(23)19(24)11-16)21(28)12-17-7-5-6-8-20(17)27(30)31/h5-11,14-15H,4,12-13H2,1-3H3,(H,25,29)/t14-,15+/m1/s1. The molecule has 2 atom stereocenters. The lowest BCUT2D eigenvalue weighted by molar-refractivity contribution is -0.385. The number of benzene rings is 2. The summed E-state index contributed by atoms with van der Waals surface area (Å²) in [5, 5.41) is 14.9. The maximum absolute atomic E-state index is 13.2. The molecule has 9 heteroatoms. The molecule has 2 aromatic rings. The van der Waals surface area contributed by atoms with Crippen LogP contribution in [0.2, 0.25) is 10.0 Å². The molecule has 2 amide bonds. The predicted molar refractivity (Wildman–Crippen MR) is 121 cm³/mol.